The summed E-state index contributed by atoms with van der Waals surface area (Å²) in [6, 6.07) is 0. The van der Waals surface area contributed by atoms with Crippen LogP contribution in [0.15, 0.2) is 12.4 Å². The van der Waals surface area contributed by atoms with Gasteiger partial charge in [-0.25, -0.2) is 0 Å². The number of fused-ring (bicyclic) bond motifs is 1. The van der Waals surface area contributed by atoms with Gasteiger partial charge < -0.3 is 4.57 Å². The third-order valence-corrected chi connectivity index (χ3v) is 3.33. The van der Waals surface area contributed by atoms with E-state index in [4.69, 9.17) is 0 Å². The normalized spacial score (nSPS) is 16.3. The standard InChI is InChI=1S/C14H21NO/c1-11(2)7-8-15-9-12-5-3-4-6-14(16)13(12)10-15/h9-11H,3-8H2,1-2H3. The van der Waals surface area contributed by atoms with Crippen molar-refractivity contribution >= 4 is 5.78 Å². The predicted octanol–water partition coefficient (Wildman–Crippen LogP) is 3.44. The molecule has 0 saturated heterocycles. The lowest BCUT2D eigenvalue weighted by atomic mass is 10.1. The molecule has 2 rings (SSSR count). The van der Waals surface area contributed by atoms with E-state index in [1.165, 1.54) is 12.0 Å². The summed E-state index contributed by atoms with van der Waals surface area (Å²) in [5.74, 6) is 1.06. The second-order valence-electron chi connectivity index (χ2n) is 5.25. The van der Waals surface area contributed by atoms with Gasteiger partial charge in [0.25, 0.3) is 0 Å². The van der Waals surface area contributed by atoms with Gasteiger partial charge in [-0.05, 0) is 37.2 Å². The largest absolute Gasteiger partial charge is 0.353 e. The summed E-state index contributed by atoms with van der Waals surface area (Å²) >= 11 is 0. The summed E-state index contributed by atoms with van der Waals surface area (Å²) in [6.45, 7) is 5.51. The van der Waals surface area contributed by atoms with Crippen LogP contribution >= 0.6 is 0 Å². The van der Waals surface area contributed by atoms with E-state index in [2.05, 4.69) is 30.8 Å². The zero-order valence-electron chi connectivity index (χ0n) is 10.3. The Kier molecular flexibility index (Phi) is 3.47. The summed E-state index contributed by atoms with van der Waals surface area (Å²) in [7, 11) is 0. The first-order valence-corrected chi connectivity index (χ1v) is 6.38. The van der Waals surface area contributed by atoms with Crippen molar-refractivity contribution in [2.45, 2.75) is 52.5 Å². The molecular weight excluding hydrogens is 198 g/mol. The summed E-state index contributed by atoms with van der Waals surface area (Å²) in [5.41, 5.74) is 2.26. The topological polar surface area (TPSA) is 22.0 Å². The Bertz CT molecular complexity index is 376. The van der Waals surface area contributed by atoms with Crippen LogP contribution in [0.4, 0.5) is 0 Å². The number of hydrogen-bond donors (Lipinski definition) is 0. The Balaban J connectivity index is 2.13. The van der Waals surface area contributed by atoms with Gasteiger partial charge in [0.05, 0.1) is 0 Å². The fourth-order valence-electron chi connectivity index (χ4n) is 2.28. The summed E-state index contributed by atoms with van der Waals surface area (Å²) in [4.78, 5) is 11.8. The van der Waals surface area contributed by atoms with Gasteiger partial charge in [-0.15, -0.1) is 0 Å². The smallest absolute Gasteiger partial charge is 0.164 e. The molecule has 0 spiro atoms. The van der Waals surface area contributed by atoms with E-state index < -0.39 is 0 Å². The molecule has 1 aliphatic carbocycles. The molecule has 1 aliphatic rings. The number of aromatic nitrogens is 1. The highest BCUT2D eigenvalue weighted by molar-refractivity contribution is 5.97. The van der Waals surface area contributed by atoms with E-state index in [-0.39, 0.29) is 0 Å². The van der Waals surface area contributed by atoms with E-state index >= 15 is 0 Å². The van der Waals surface area contributed by atoms with Gasteiger partial charge in [0, 0.05) is 30.9 Å². The van der Waals surface area contributed by atoms with Gasteiger partial charge in [0.1, 0.15) is 0 Å². The first kappa shape index (κ1) is 11.4. The second-order valence-corrected chi connectivity index (χ2v) is 5.25. The molecule has 2 nitrogen and oxygen atoms in total. The number of hydrogen-bond acceptors (Lipinski definition) is 1. The van der Waals surface area contributed by atoms with Crippen molar-refractivity contribution < 1.29 is 4.79 Å². The van der Waals surface area contributed by atoms with Crippen molar-refractivity contribution in [3.8, 4) is 0 Å². The maximum Gasteiger partial charge on any atom is 0.164 e. The number of nitrogens with zero attached hydrogens (tertiary/aromatic N) is 1. The van der Waals surface area contributed by atoms with Gasteiger partial charge in [-0.2, -0.15) is 0 Å². The number of carbonyl (C=O) groups excluding carboxylic acids is 1. The van der Waals surface area contributed by atoms with Crippen molar-refractivity contribution in [2.24, 2.45) is 5.92 Å². The summed E-state index contributed by atoms with van der Waals surface area (Å²) < 4.78 is 2.20. The van der Waals surface area contributed by atoms with Crippen LogP contribution in [0.5, 0.6) is 0 Å². The molecule has 0 atom stereocenters. The van der Waals surface area contributed by atoms with E-state index in [1.54, 1.807) is 0 Å². The Morgan fingerprint density at radius 2 is 2.00 bits per heavy atom. The molecule has 16 heavy (non-hydrogen) atoms. The SMILES string of the molecule is CC(C)CCn1cc2c(c1)C(=O)CCCC2. The van der Waals surface area contributed by atoms with E-state index in [0.29, 0.717) is 5.78 Å². The molecular formula is C14H21NO. The number of rotatable bonds is 3. The number of aryl methyl sites for hydroxylation is 2. The quantitative estimate of drug-likeness (QED) is 0.714. The molecule has 0 aromatic carbocycles. The zero-order valence-corrected chi connectivity index (χ0v) is 10.3. The molecule has 0 unspecified atom stereocenters. The second kappa shape index (κ2) is 4.86. The number of Topliss-reactive ketones (excluding diaryl/α,β-unsaturated/α-hetero) is 1. The van der Waals surface area contributed by atoms with Crippen LogP contribution < -0.4 is 0 Å². The zero-order chi connectivity index (χ0) is 11.5. The van der Waals surface area contributed by atoms with Crippen molar-refractivity contribution in [3.05, 3.63) is 23.5 Å². The molecule has 1 aromatic heterocycles. The molecule has 0 aliphatic heterocycles. The average molecular weight is 219 g/mol. The van der Waals surface area contributed by atoms with Crippen LogP contribution in [0.1, 0.15) is 55.5 Å². The van der Waals surface area contributed by atoms with Gasteiger partial charge in [0.15, 0.2) is 5.78 Å². The minimum atomic E-state index is 0.343. The van der Waals surface area contributed by atoms with E-state index in [9.17, 15) is 4.79 Å². The lowest BCUT2D eigenvalue weighted by Gasteiger charge is -2.05. The monoisotopic (exact) mass is 219 g/mol. The van der Waals surface area contributed by atoms with Crippen molar-refractivity contribution in [1.82, 2.24) is 4.57 Å². The highest BCUT2D eigenvalue weighted by atomic mass is 16.1. The molecule has 1 aromatic rings. The molecule has 0 amide bonds. The molecule has 0 radical (unpaired) electrons. The minimum Gasteiger partial charge on any atom is -0.353 e. The van der Waals surface area contributed by atoms with Crippen LogP contribution in [-0.4, -0.2) is 10.4 Å². The highest BCUT2D eigenvalue weighted by Crippen LogP contribution is 2.21. The molecule has 0 bridgehead atoms. The summed E-state index contributed by atoms with van der Waals surface area (Å²) in [5, 5.41) is 0. The fraction of sp³-hybridized carbons (Fsp3) is 0.643. The first-order chi connectivity index (χ1) is 7.66. The van der Waals surface area contributed by atoms with Crippen LogP contribution in [0.3, 0.4) is 0 Å². The predicted molar refractivity (Wildman–Crippen MR) is 65.8 cm³/mol. The van der Waals surface area contributed by atoms with Crippen LogP contribution in [0.2, 0.25) is 0 Å². The Morgan fingerprint density at radius 1 is 1.25 bits per heavy atom. The lowest BCUT2D eigenvalue weighted by molar-refractivity contribution is 0.0982. The van der Waals surface area contributed by atoms with E-state index in [0.717, 1.165) is 43.7 Å². The Morgan fingerprint density at radius 3 is 2.75 bits per heavy atom. The first-order valence-electron chi connectivity index (χ1n) is 6.38. The fourth-order valence-corrected chi connectivity index (χ4v) is 2.28. The van der Waals surface area contributed by atoms with Crippen LogP contribution in [-0.2, 0) is 13.0 Å². The molecule has 0 fully saturated rings. The van der Waals surface area contributed by atoms with Gasteiger partial charge >= 0.3 is 0 Å². The van der Waals surface area contributed by atoms with E-state index in [1.807, 2.05) is 0 Å². The number of carbonyl (C=O) groups is 1. The van der Waals surface area contributed by atoms with Crippen molar-refractivity contribution in [3.63, 3.8) is 0 Å². The Hall–Kier alpha value is -1.05. The Labute approximate surface area is 97.7 Å². The van der Waals surface area contributed by atoms with Gasteiger partial charge in [-0.1, -0.05) is 13.8 Å². The maximum absolute atomic E-state index is 11.8. The maximum atomic E-state index is 11.8. The molecule has 0 N–H and O–H groups in total. The van der Waals surface area contributed by atoms with Crippen LogP contribution in [0, 0.1) is 5.92 Å². The molecule has 2 heteroatoms. The molecule has 1 heterocycles. The minimum absolute atomic E-state index is 0.343. The van der Waals surface area contributed by atoms with Gasteiger partial charge in [0.2, 0.25) is 0 Å². The van der Waals surface area contributed by atoms with Crippen LogP contribution in [0.25, 0.3) is 0 Å². The van der Waals surface area contributed by atoms with Gasteiger partial charge in [-0.3, -0.25) is 4.79 Å². The summed E-state index contributed by atoms with van der Waals surface area (Å²) in [6.07, 6.45) is 9.46. The molecule has 0 saturated carbocycles. The van der Waals surface area contributed by atoms with Crippen molar-refractivity contribution in [1.29, 1.82) is 0 Å². The highest BCUT2D eigenvalue weighted by Gasteiger charge is 2.17. The third kappa shape index (κ3) is 2.55. The average Bonchev–Trinajstić information content (AvgIpc) is 2.57. The molecule has 88 valence electrons. The van der Waals surface area contributed by atoms with Crippen molar-refractivity contribution in [2.75, 3.05) is 0 Å². The third-order valence-electron chi connectivity index (χ3n) is 3.33. The lowest BCUT2D eigenvalue weighted by Crippen LogP contribution is -2.00. The number of ketones is 1.